The summed E-state index contributed by atoms with van der Waals surface area (Å²) in [5, 5.41) is 17.3. The summed E-state index contributed by atoms with van der Waals surface area (Å²) in [6.45, 7) is 2.52. The molecule has 30 heavy (non-hydrogen) atoms. The lowest BCUT2D eigenvalue weighted by Crippen LogP contribution is -2.57. The first kappa shape index (κ1) is 21.4. The Balaban J connectivity index is 0.000000806. The molecule has 2 aliphatic rings. The number of aromatic nitrogens is 2. The van der Waals surface area contributed by atoms with E-state index in [9.17, 15) is 4.79 Å². The molecule has 0 radical (unpaired) electrons. The molecule has 0 saturated carbocycles. The Hall–Kier alpha value is -3.27. The van der Waals surface area contributed by atoms with E-state index in [1.54, 1.807) is 17.9 Å². The minimum atomic E-state index is -0.617. The third-order valence-corrected chi connectivity index (χ3v) is 5.40. The van der Waals surface area contributed by atoms with Crippen molar-refractivity contribution in [3.63, 3.8) is 0 Å². The van der Waals surface area contributed by atoms with Crippen molar-refractivity contribution in [1.82, 2.24) is 20.0 Å². The molecule has 0 atom stereocenters. The van der Waals surface area contributed by atoms with E-state index in [2.05, 4.69) is 26.7 Å². The summed E-state index contributed by atoms with van der Waals surface area (Å²) < 4.78 is 12.6. The molecule has 4 rings (SSSR count). The Morgan fingerprint density at radius 1 is 1.27 bits per heavy atom. The molecular formula is C20H27N5O5. The number of carboxylic acid groups (broad SMARTS) is 1. The fourth-order valence-corrected chi connectivity index (χ4v) is 3.78. The average Bonchev–Trinajstić information content (AvgIpc) is 3.38. The monoisotopic (exact) mass is 417 g/mol. The third-order valence-electron chi connectivity index (χ3n) is 5.40. The molecule has 10 heteroatoms. The van der Waals surface area contributed by atoms with Crippen molar-refractivity contribution in [3.05, 3.63) is 36.0 Å². The van der Waals surface area contributed by atoms with Gasteiger partial charge in [0.15, 0.2) is 11.5 Å². The molecule has 2 aliphatic heterocycles. The van der Waals surface area contributed by atoms with Crippen LogP contribution in [0.2, 0.25) is 0 Å². The van der Waals surface area contributed by atoms with Gasteiger partial charge in [0.2, 0.25) is 12.7 Å². The molecule has 3 heterocycles. The van der Waals surface area contributed by atoms with E-state index >= 15 is 0 Å². The number of likely N-dealkylation sites (N-methyl/N-ethyl adjacent to an activating group) is 1. The van der Waals surface area contributed by atoms with Crippen LogP contribution in [-0.4, -0.2) is 64.6 Å². The zero-order chi connectivity index (χ0) is 21.6. The molecule has 162 valence electrons. The largest absolute Gasteiger partial charge is 0.483 e. The van der Waals surface area contributed by atoms with Crippen LogP contribution in [0.1, 0.15) is 18.4 Å². The van der Waals surface area contributed by atoms with Gasteiger partial charge >= 0.3 is 0 Å². The van der Waals surface area contributed by atoms with Gasteiger partial charge in [-0.2, -0.15) is 5.10 Å². The quantitative estimate of drug-likeness (QED) is 0.618. The average molecular weight is 417 g/mol. The minimum absolute atomic E-state index is 0.0198. The van der Waals surface area contributed by atoms with Crippen LogP contribution in [0.15, 0.2) is 30.5 Å². The van der Waals surface area contributed by atoms with Gasteiger partial charge in [0, 0.05) is 39.8 Å². The molecule has 0 unspecified atom stereocenters. The summed E-state index contributed by atoms with van der Waals surface area (Å²) in [5.41, 5.74) is 0.569. The number of anilines is 1. The Bertz CT molecular complexity index is 876. The van der Waals surface area contributed by atoms with E-state index < -0.39 is 5.54 Å². The van der Waals surface area contributed by atoms with Gasteiger partial charge in [0.25, 0.3) is 6.47 Å². The van der Waals surface area contributed by atoms with E-state index in [4.69, 9.17) is 19.4 Å². The number of likely N-dealkylation sites (tertiary alicyclic amines) is 1. The lowest BCUT2D eigenvalue weighted by Gasteiger charge is -2.41. The number of carbonyl (C=O) groups is 2. The number of piperidine rings is 1. The highest BCUT2D eigenvalue weighted by Gasteiger charge is 2.41. The van der Waals surface area contributed by atoms with Gasteiger partial charge in [0.1, 0.15) is 11.4 Å². The second-order valence-corrected chi connectivity index (χ2v) is 7.20. The van der Waals surface area contributed by atoms with Gasteiger partial charge < -0.3 is 25.2 Å². The number of nitrogens with zero attached hydrogens (tertiary/aromatic N) is 3. The SMILES string of the molecule is CNC(=O)C1(Nc2ccnn2C)CCN(Cc2ccc3c(c2)OCO3)CC1.O=CO. The zero-order valence-corrected chi connectivity index (χ0v) is 17.1. The van der Waals surface area contributed by atoms with Crippen LogP contribution >= 0.6 is 0 Å². The smallest absolute Gasteiger partial charge is 0.290 e. The third kappa shape index (κ3) is 4.65. The second kappa shape index (κ2) is 9.49. The van der Waals surface area contributed by atoms with Gasteiger partial charge in [-0.25, -0.2) is 0 Å². The number of aryl methyl sites for hydroxylation is 1. The molecule has 1 aromatic heterocycles. The number of nitrogens with one attached hydrogen (secondary N) is 2. The topological polar surface area (TPSA) is 118 Å². The molecule has 2 aromatic rings. The van der Waals surface area contributed by atoms with Crippen molar-refractivity contribution < 1.29 is 24.2 Å². The molecule has 10 nitrogen and oxygen atoms in total. The van der Waals surface area contributed by atoms with E-state index in [-0.39, 0.29) is 19.2 Å². The maximum absolute atomic E-state index is 12.7. The van der Waals surface area contributed by atoms with Crippen LogP contribution in [0.25, 0.3) is 0 Å². The summed E-state index contributed by atoms with van der Waals surface area (Å²) in [5.74, 6) is 2.48. The molecule has 1 saturated heterocycles. The van der Waals surface area contributed by atoms with E-state index in [0.29, 0.717) is 0 Å². The zero-order valence-electron chi connectivity index (χ0n) is 17.1. The first-order valence-electron chi connectivity index (χ1n) is 9.68. The van der Waals surface area contributed by atoms with Crippen LogP contribution in [0.5, 0.6) is 11.5 Å². The van der Waals surface area contributed by atoms with Crippen molar-refractivity contribution in [2.75, 3.05) is 32.2 Å². The predicted molar refractivity (Wildman–Crippen MR) is 109 cm³/mol. The van der Waals surface area contributed by atoms with Gasteiger partial charge in [-0.3, -0.25) is 19.2 Å². The number of ether oxygens (including phenoxy) is 2. The van der Waals surface area contributed by atoms with E-state index in [0.717, 1.165) is 49.8 Å². The molecule has 3 N–H and O–H groups in total. The number of carbonyl (C=O) groups excluding carboxylic acids is 1. The van der Waals surface area contributed by atoms with E-state index in [1.807, 2.05) is 25.2 Å². The van der Waals surface area contributed by atoms with Crippen LogP contribution in [0.3, 0.4) is 0 Å². The highest BCUT2D eigenvalue weighted by molar-refractivity contribution is 5.89. The molecule has 1 amide bonds. The van der Waals surface area contributed by atoms with Crippen molar-refractivity contribution in [2.45, 2.75) is 24.9 Å². The van der Waals surface area contributed by atoms with Crippen LogP contribution < -0.4 is 20.1 Å². The Labute approximate surface area is 174 Å². The summed E-state index contributed by atoms with van der Waals surface area (Å²) >= 11 is 0. The number of benzene rings is 1. The second-order valence-electron chi connectivity index (χ2n) is 7.20. The normalized spacial score (nSPS) is 16.9. The van der Waals surface area contributed by atoms with E-state index in [1.165, 1.54) is 5.56 Å². The summed E-state index contributed by atoms with van der Waals surface area (Å²) in [7, 11) is 3.56. The number of hydrogen-bond donors (Lipinski definition) is 3. The fourth-order valence-electron chi connectivity index (χ4n) is 3.78. The van der Waals surface area contributed by atoms with Gasteiger partial charge in [-0.1, -0.05) is 6.07 Å². The molecule has 0 aliphatic carbocycles. The Morgan fingerprint density at radius 3 is 2.60 bits per heavy atom. The summed E-state index contributed by atoms with van der Waals surface area (Å²) in [4.78, 5) is 23.4. The van der Waals surface area contributed by atoms with Crippen molar-refractivity contribution in [1.29, 1.82) is 0 Å². The van der Waals surface area contributed by atoms with Crippen LogP contribution in [0, 0.1) is 0 Å². The molecule has 0 bridgehead atoms. The number of fused-ring (bicyclic) bond motifs is 1. The number of hydrogen-bond acceptors (Lipinski definition) is 7. The van der Waals surface area contributed by atoms with Crippen molar-refractivity contribution in [2.24, 2.45) is 7.05 Å². The molecule has 1 aromatic carbocycles. The standard InChI is InChI=1S/C19H25N5O3.CH2O2/c1-20-18(25)19(22-17-5-8-21-23(17)2)6-9-24(10-7-19)12-14-3-4-15-16(11-14)27-13-26-15;2-1-3/h3-5,8,11,22H,6-7,9-10,12-13H2,1-2H3,(H,20,25);1H,(H,2,3). The first-order chi connectivity index (χ1) is 14.5. The predicted octanol–water partition coefficient (Wildman–Crippen LogP) is 1.04. The van der Waals surface area contributed by atoms with Crippen molar-refractivity contribution in [3.8, 4) is 11.5 Å². The molecule has 0 spiro atoms. The van der Waals surface area contributed by atoms with Gasteiger partial charge in [-0.05, 0) is 30.5 Å². The summed E-state index contributed by atoms with van der Waals surface area (Å²) in [6.07, 6.45) is 3.18. The number of amides is 1. The Morgan fingerprint density at radius 2 is 1.97 bits per heavy atom. The Kier molecular flexibility index (Phi) is 6.78. The first-order valence-corrected chi connectivity index (χ1v) is 9.68. The maximum atomic E-state index is 12.7. The number of rotatable bonds is 5. The fraction of sp³-hybridized carbons (Fsp3) is 0.450. The van der Waals surface area contributed by atoms with Crippen molar-refractivity contribution >= 4 is 18.2 Å². The summed E-state index contributed by atoms with van der Waals surface area (Å²) in [6, 6.07) is 7.96. The lowest BCUT2D eigenvalue weighted by atomic mass is 9.86. The minimum Gasteiger partial charge on any atom is -0.483 e. The molecule has 1 fully saturated rings. The lowest BCUT2D eigenvalue weighted by molar-refractivity contribution is -0.126. The van der Waals surface area contributed by atoms with Gasteiger partial charge in [0.05, 0.1) is 6.20 Å². The highest BCUT2D eigenvalue weighted by Crippen LogP contribution is 2.34. The van der Waals surface area contributed by atoms with Crippen LogP contribution in [-0.2, 0) is 23.2 Å². The molecular weight excluding hydrogens is 390 g/mol. The van der Waals surface area contributed by atoms with Crippen LogP contribution in [0.4, 0.5) is 5.82 Å². The highest BCUT2D eigenvalue weighted by atomic mass is 16.7. The van der Waals surface area contributed by atoms with Gasteiger partial charge in [-0.15, -0.1) is 0 Å². The maximum Gasteiger partial charge on any atom is 0.290 e.